The molecule has 8 nitrogen and oxygen atoms in total. The molecule has 0 aliphatic heterocycles. The Kier molecular flexibility index (Phi) is 5.10. The molecule has 0 spiro atoms. The number of carbonyl (C=O) groups excluding carboxylic acids is 2. The second kappa shape index (κ2) is 7.27. The number of hydrogen-bond donors (Lipinski definition) is 0. The molecule has 2 heterocycles. The van der Waals surface area contributed by atoms with Crippen LogP contribution in [0.15, 0.2) is 24.8 Å². The van der Waals surface area contributed by atoms with Gasteiger partial charge in [-0.3, -0.25) is 9.59 Å². The van der Waals surface area contributed by atoms with E-state index in [2.05, 4.69) is 20.4 Å². The Balaban J connectivity index is 1.54. The zero-order chi connectivity index (χ0) is 14.2. The van der Waals surface area contributed by atoms with Crippen molar-refractivity contribution in [2.45, 2.75) is 38.5 Å². The van der Waals surface area contributed by atoms with Crippen molar-refractivity contribution < 1.29 is 9.59 Å². The van der Waals surface area contributed by atoms with E-state index in [9.17, 15) is 9.59 Å². The van der Waals surface area contributed by atoms with Crippen molar-refractivity contribution in [3.63, 3.8) is 0 Å². The van der Waals surface area contributed by atoms with Crippen LogP contribution in [0, 0.1) is 0 Å². The first-order valence-electron chi connectivity index (χ1n) is 6.56. The molecule has 0 fully saturated rings. The third-order valence-corrected chi connectivity index (χ3v) is 2.81. The van der Waals surface area contributed by atoms with Gasteiger partial charge in [0.15, 0.2) is 0 Å². The van der Waals surface area contributed by atoms with Crippen molar-refractivity contribution in [2.75, 3.05) is 0 Å². The van der Waals surface area contributed by atoms with Crippen LogP contribution in [0.2, 0.25) is 0 Å². The van der Waals surface area contributed by atoms with Crippen LogP contribution in [0.25, 0.3) is 0 Å². The van der Waals surface area contributed by atoms with Crippen molar-refractivity contribution in [3.8, 4) is 0 Å². The summed E-state index contributed by atoms with van der Waals surface area (Å²) in [5, 5.41) is 15.1. The Morgan fingerprint density at radius 3 is 1.35 bits per heavy atom. The molecule has 2 aromatic heterocycles. The van der Waals surface area contributed by atoms with Gasteiger partial charge in [0.05, 0.1) is 24.8 Å². The zero-order valence-corrected chi connectivity index (χ0v) is 11.1. The molecule has 20 heavy (non-hydrogen) atoms. The second-order valence-corrected chi connectivity index (χ2v) is 4.34. The first-order chi connectivity index (χ1) is 9.77. The molecule has 0 atom stereocenters. The van der Waals surface area contributed by atoms with Gasteiger partial charge in [-0.1, -0.05) is 12.8 Å². The number of hydrogen-bond acceptors (Lipinski definition) is 6. The van der Waals surface area contributed by atoms with Gasteiger partial charge < -0.3 is 0 Å². The maximum Gasteiger partial charge on any atom is 0.264 e. The summed E-state index contributed by atoms with van der Waals surface area (Å²) in [6.45, 7) is 0. The van der Waals surface area contributed by atoms with Crippen LogP contribution in [0.3, 0.4) is 0 Å². The molecule has 0 aliphatic carbocycles. The fraction of sp³-hybridized carbons (Fsp3) is 0.500. The van der Waals surface area contributed by atoms with Crippen molar-refractivity contribution in [3.05, 3.63) is 24.8 Å². The third kappa shape index (κ3) is 4.08. The van der Waals surface area contributed by atoms with Crippen LogP contribution < -0.4 is 0 Å². The Hall–Kier alpha value is -2.38. The van der Waals surface area contributed by atoms with Gasteiger partial charge in [-0.05, 0) is 12.8 Å². The minimum absolute atomic E-state index is 0.105. The molecule has 0 radical (unpaired) electrons. The monoisotopic (exact) mass is 276 g/mol. The van der Waals surface area contributed by atoms with Crippen LogP contribution in [0.4, 0.5) is 0 Å². The number of nitrogens with zero attached hydrogens (tertiary/aromatic N) is 6. The lowest BCUT2D eigenvalue weighted by atomic mass is 10.1. The predicted octanol–water partition coefficient (Wildman–Crippen LogP) is 1.19. The van der Waals surface area contributed by atoms with Crippen LogP contribution in [-0.2, 0) is 0 Å². The lowest BCUT2D eigenvalue weighted by Gasteiger charge is -2.01. The molecule has 0 amide bonds. The average molecular weight is 276 g/mol. The maximum atomic E-state index is 11.6. The largest absolute Gasteiger partial charge is 0.271 e. The van der Waals surface area contributed by atoms with E-state index in [0.717, 1.165) is 35.3 Å². The fourth-order valence-electron chi connectivity index (χ4n) is 1.80. The molecule has 8 heteroatoms. The topological polar surface area (TPSA) is 95.6 Å². The van der Waals surface area contributed by atoms with Gasteiger partial charge in [-0.2, -0.15) is 20.4 Å². The number of carbonyl (C=O) groups is 2. The summed E-state index contributed by atoms with van der Waals surface area (Å²) in [4.78, 5) is 25.3. The van der Waals surface area contributed by atoms with Gasteiger partial charge in [-0.25, -0.2) is 0 Å². The minimum Gasteiger partial charge on any atom is -0.271 e. The molecule has 0 saturated carbocycles. The first kappa shape index (κ1) is 14.0. The molecule has 0 saturated heterocycles. The first-order valence-corrected chi connectivity index (χ1v) is 6.56. The summed E-state index contributed by atoms with van der Waals surface area (Å²) in [5.41, 5.74) is 0. The number of aromatic nitrogens is 6. The Bertz CT molecular complexity index is 484. The SMILES string of the molecule is O=C(CCCCCCC(=O)n1nccn1)n1nccn1. The Labute approximate surface area is 115 Å². The average Bonchev–Trinajstić information content (AvgIpc) is 3.14. The molecule has 0 unspecified atom stereocenters. The summed E-state index contributed by atoms with van der Waals surface area (Å²) in [6.07, 6.45) is 10.1. The van der Waals surface area contributed by atoms with E-state index >= 15 is 0 Å². The van der Waals surface area contributed by atoms with E-state index in [1.165, 1.54) is 24.8 Å². The van der Waals surface area contributed by atoms with Gasteiger partial charge in [0.1, 0.15) is 0 Å². The number of rotatable bonds is 7. The molecule has 106 valence electrons. The van der Waals surface area contributed by atoms with E-state index in [1.54, 1.807) is 0 Å². The second-order valence-electron chi connectivity index (χ2n) is 4.34. The summed E-state index contributed by atoms with van der Waals surface area (Å²) < 4.78 is 0. The highest BCUT2D eigenvalue weighted by molar-refractivity contribution is 5.77. The number of unbranched alkanes of at least 4 members (excludes halogenated alkanes) is 3. The van der Waals surface area contributed by atoms with E-state index in [-0.39, 0.29) is 11.8 Å². The van der Waals surface area contributed by atoms with E-state index in [1.807, 2.05) is 0 Å². The van der Waals surface area contributed by atoms with E-state index in [0.29, 0.717) is 12.8 Å². The highest BCUT2D eigenvalue weighted by Crippen LogP contribution is 2.07. The van der Waals surface area contributed by atoms with Crippen molar-refractivity contribution in [1.29, 1.82) is 0 Å². The van der Waals surface area contributed by atoms with Crippen LogP contribution >= 0.6 is 0 Å². The van der Waals surface area contributed by atoms with Crippen LogP contribution in [-0.4, -0.2) is 41.8 Å². The summed E-state index contributed by atoms with van der Waals surface area (Å²) >= 11 is 0. The lowest BCUT2D eigenvalue weighted by molar-refractivity contribution is 0.0851. The molecule has 2 rings (SSSR count). The van der Waals surface area contributed by atoms with E-state index in [4.69, 9.17) is 0 Å². The predicted molar refractivity (Wildman–Crippen MR) is 69.0 cm³/mol. The molecular weight excluding hydrogens is 260 g/mol. The van der Waals surface area contributed by atoms with Gasteiger partial charge >= 0.3 is 0 Å². The highest BCUT2D eigenvalue weighted by atomic mass is 16.2. The van der Waals surface area contributed by atoms with Crippen LogP contribution in [0.1, 0.15) is 48.1 Å². The molecule has 0 N–H and O–H groups in total. The Morgan fingerprint density at radius 1 is 0.650 bits per heavy atom. The van der Waals surface area contributed by atoms with Crippen molar-refractivity contribution in [2.24, 2.45) is 0 Å². The van der Waals surface area contributed by atoms with Crippen molar-refractivity contribution in [1.82, 2.24) is 30.0 Å². The molecule has 2 aromatic rings. The normalized spacial score (nSPS) is 10.6. The quantitative estimate of drug-likeness (QED) is 0.705. The van der Waals surface area contributed by atoms with Gasteiger partial charge in [-0.15, -0.1) is 9.59 Å². The minimum atomic E-state index is -0.105. The fourth-order valence-corrected chi connectivity index (χ4v) is 1.80. The molecule has 0 bridgehead atoms. The van der Waals surface area contributed by atoms with Gasteiger partial charge in [0.25, 0.3) is 11.8 Å². The third-order valence-electron chi connectivity index (χ3n) is 2.81. The maximum absolute atomic E-state index is 11.6. The summed E-state index contributed by atoms with van der Waals surface area (Å²) in [5.74, 6) is -0.210. The molecule has 0 aliphatic rings. The Morgan fingerprint density at radius 2 is 1.00 bits per heavy atom. The van der Waals surface area contributed by atoms with Gasteiger partial charge in [0, 0.05) is 12.8 Å². The van der Waals surface area contributed by atoms with Crippen LogP contribution in [0.5, 0.6) is 0 Å². The summed E-state index contributed by atoms with van der Waals surface area (Å²) in [7, 11) is 0. The standard InChI is InChI=1S/C12H16N6O2/c19-11(17-13-7-8-14-17)5-3-1-2-4-6-12(20)18-15-9-10-16-18/h7-10H,1-6H2. The molecular formula is C12H16N6O2. The highest BCUT2D eigenvalue weighted by Gasteiger charge is 2.07. The van der Waals surface area contributed by atoms with E-state index < -0.39 is 0 Å². The molecule has 0 aromatic carbocycles. The van der Waals surface area contributed by atoms with Gasteiger partial charge in [0.2, 0.25) is 0 Å². The zero-order valence-electron chi connectivity index (χ0n) is 11.1. The van der Waals surface area contributed by atoms with Crippen molar-refractivity contribution >= 4 is 11.8 Å². The lowest BCUT2D eigenvalue weighted by Crippen LogP contribution is -2.14. The smallest absolute Gasteiger partial charge is 0.264 e. The summed E-state index contributed by atoms with van der Waals surface area (Å²) in [6, 6.07) is 0.